The first-order valence-corrected chi connectivity index (χ1v) is 10.6. The molecule has 1 saturated heterocycles. The number of anilines is 2. The number of hydrogen-bond donors (Lipinski definition) is 4. The van der Waals surface area contributed by atoms with Gasteiger partial charge in [0.15, 0.2) is 23.1 Å². The van der Waals surface area contributed by atoms with E-state index < -0.39 is 24.9 Å². The molecule has 2 aromatic heterocycles. The Morgan fingerprint density at radius 1 is 1.26 bits per heavy atom. The number of nitrogens with one attached hydrogen (secondary N) is 1. The molecule has 4 N–H and O–H groups in total. The van der Waals surface area contributed by atoms with Crippen molar-refractivity contribution in [1.29, 1.82) is 0 Å². The fourth-order valence-electron chi connectivity index (χ4n) is 3.65. The molecular weight excluding hydrogens is 428 g/mol. The third kappa shape index (κ3) is 4.60. The summed E-state index contributed by atoms with van der Waals surface area (Å²) in [7, 11) is 0. The number of benzene rings is 1. The van der Waals surface area contributed by atoms with Crippen molar-refractivity contribution in [2.75, 3.05) is 36.5 Å². The van der Waals surface area contributed by atoms with Gasteiger partial charge in [0.1, 0.15) is 11.9 Å². The maximum atomic E-state index is 14.5. The van der Waals surface area contributed by atoms with Crippen LogP contribution in [0.3, 0.4) is 0 Å². The molecule has 1 fully saturated rings. The van der Waals surface area contributed by atoms with Crippen LogP contribution >= 0.6 is 11.3 Å². The van der Waals surface area contributed by atoms with Crippen LogP contribution in [0.1, 0.15) is 18.6 Å². The van der Waals surface area contributed by atoms with E-state index in [1.165, 1.54) is 35.7 Å². The van der Waals surface area contributed by atoms with Crippen LogP contribution in [0.5, 0.6) is 0 Å². The van der Waals surface area contributed by atoms with Gasteiger partial charge in [0.25, 0.3) is 0 Å². The lowest BCUT2D eigenvalue weighted by Gasteiger charge is -2.42. The van der Waals surface area contributed by atoms with Gasteiger partial charge in [-0.1, -0.05) is 11.3 Å². The van der Waals surface area contributed by atoms with Gasteiger partial charge in [-0.25, -0.2) is 18.7 Å². The Hall–Kier alpha value is -2.44. The minimum absolute atomic E-state index is 0.132. The molecule has 4 rings (SSSR count). The van der Waals surface area contributed by atoms with Crippen LogP contribution in [0.15, 0.2) is 30.5 Å². The normalized spacial score (nSPS) is 19.5. The molecule has 1 aliphatic rings. The Bertz CT molecular complexity index is 1070. The van der Waals surface area contributed by atoms with Crippen molar-refractivity contribution >= 4 is 32.5 Å². The Kier molecular flexibility index (Phi) is 6.30. The van der Waals surface area contributed by atoms with Crippen molar-refractivity contribution in [1.82, 2.24) is 14.9 Å². The molecule has 1 unspecified atom stereocenters. The summed E-state index contributed by atoms with van der Waals surface area (Å²) in [6, 6.07) is 5.40. The summed E-state index contributed by atoms with van der Waals surface area (Å²) in [5.74, 6) is -0.781. The molecule has 0 bridgehead atoms. The fourth-order valence-corrected chi connectivity index (χ4v) is 4.51. The van der Waals surface area contributed by atoms with Crippen LogP contribution in [0.25, 0.3) is 10.2 Å². The molecule has 8 nitrogen and oxygen atoms in total. The molecular formula is C20H23F2N5O3S. The highest BCUT2D eigenvalue weighted by Gasteiger charge is 2.30. The molecule has 166 valence electrons. The SMILES string of the molecule is C[C@H]1CN(c2ncc([C@H](O)CO)cc2F)CCN1C(O)Nc1nc2cc(F)ccc2s1. The average Bonchev–Trinajstić information content (AvgIpc) is 3.14. The van der Waals surface area contributed by atoms with E-state index in [1.54, 1.807) is 11.0 Å². The number of aromatic nitrogens is 2. The van der Waals surface area contributed by atoms with Gasteiger partial charge in [0.2, 0.25) is 0 Å². The zero-order valence-electron chi connectivity index (χ0n) is 16.7. The predicted molar refractivity (Wildman–Crippen MR) is 114 cm³/mol. The summed E-state index contributed by atoms with van der Waals surface area (Å²) in [4.78, 5) is 12.0. The van der Waals surface area contributed by atoms with Crippen LogP contribution in [0.2, 0.25) is 0 Å². The molecule has 0 spiro atoms. The van der Waals surface area contributed by atoms with Gasteiger partial charge in [0, 0.05) is 43.5 Å². The molecule has 31 heavy (non-hydrogen) atoms. The van der Waals surface area contributed by atoms with Crippen LogP contribution in [-0.4, -0.2) is 68.8 Å². The fraction of sp³-hybridized carbons (Fsp3) is 0.400. The smallest absolute Gasteiger partial charge is 0.186 e. The number of nitrogens with zero attached hydrogens (tertiary/aromatic N) is 4. The third-order valence-electron chi connectivity index (χ3n) is 5.30. The number of aliphatic hydroxyl groups excluding tert-OH is 3. The zero-order valence-corrected chi connectivity index (χ0v) is 17.6. The highest BCUT2D eigenvalue weighted by molar-refractivity contribution is 7.22. The lowest BCUT2D eigenvalue weighted by Crippen LogP contribution is -2.57. The number of hydrogen-bond acceptors (Lipinski definition) is 9. The lowest BCUT2D eigenvalue weighted by molar-refractivity contribution is -0.00547. The summed E-state index contributed by atoms with van der Waals surface area (Å²) in [6.07, 6.45) is -0.836. The summed E-state index contributed by atoms with van der Waals surface area (Å²) >= 11 is 1.32. The van der Waals surface area contributed by atoms with Crippen molar-refractivity contribution in [3.05, 3.63) is 47.7 Å². The molecule has 0 aliphatic carbocycles. The lowest BCUT2D eigenvalue weighted by atomic mass is 10.1. The van der Waals surface area contributed by atoms with Gasteiger partial charge < -0.3 is 25.5 Å². The maximum Gasteiger partial charge on any atom is 0.186 e. The Morgan fingerprint density at radius 3 is 2.77 bits per heavy atom. The number of pyridine rings is 1. The molecule has 3 heterocycles. The number of aliphatic hydroxyl groups is 3. The molecule has 11 heteroatoms. The van der Waals surface area contributed by atoms with Gasteiger partial charge in [0.05, 0.1) is 16.8 Å². The van der Waals surface area contributed by atoms with E-state index in [2.05, 4.69) is 15.3 Å². The third-order valence-corrected chi connectivity index (χ3v) is 6.26. The number of halogens is 2. The number of rotatable bonds is 6. The maximum absolute atomic E-state index is 14.5. The van der Waals surface area contributed by atoms with E-state index in [0.29, 0.717) is 30.3 Å². The summed E-state index contributed by atoms with van der Waals surface area (Å²) in [5.41, 5.74) is 0.736. The summed E-state index contributed by atoms with van der Waals surface area (Å²) in [6.45, 7) is 2.70. The zero-order chi connectivity index (χ0) is 22.1. The van der Waals surface area contributed by atoms with Crippen LogP contribution in [0, 0.1) is 11.6 Å². The molecule has 1 aromatic carbocycles. The first-order chi connectivity index (χ1) is 14.9. The Morgan fingerprint density at radius 2 is 2.06 bits per heavy atom. The van der Waals surface area contributed by atoms with E-state index in [9.17, 15) is 19.0 Å². The summed E-state index contributed by atoms with van der Waals surface area (Å²) < 4.78 is 28.7. The van der Waals surface area contributed by atoms with E-state index in [4.69, 9.17) is 5.11 Å². The summed E-state index contributed by atoms with van der Waals surface area (Å²) in [5, 5.41) is 32.7. The van der Waals surface area contributed by atoms with Crippen LogP contribution in [-0.2, 0) is 0 Å². The Balaban J connectivity index is 1.41. The molecule has 0 amide bonds. The number of piperazine rings is 1. The first kappa shape index (κ1) is 21.8. The van der Waals surface area contributed by atoms with Gasteiger partial charge in [-0.2, -0.15) is 0 Å². The van der Waals surface area contributed by atoms with E-state index >= 15 is 0 Å². The highest BCUT2D eigenvalue weighted by Crippen LogP contribution is 2.28. The molecule has 0 radical (unpaired) electrons. The standard InChI is InChI=1S/C20H23F2N5O3S/c1-11-9-26(18-14(22)6-12(8-23-18)16(29)10-28)4-5-27(11)20(30)25-19-24-15-7-13(21)2-3-17(15)31-19/h2-3,6-8,11,16,20,28-30H,4-5,9-10H2,1H3,(H,24,25)/t11-,16+,20?/m0/s1. The highest BCUT2D eigenvalue weighted by atomic mass is 32.1. The minimum atomic E-state index is -1.17. The predicted octanol–water partition coefficient (Wildman–Crippen LogP) is 1.89. The number of thiazole rings is 1. The van der Waals surface area contributed by atoms with Crippen LogP contribution in [0.4, 0.5) is 19.7 Å². The van der Waals surface area contributed by atoms with E-state index in [0.717, 1.165) is 4.70 Å². The topological polar surface area (TPSA) is 105 Å². The first-order valence-electron chi connectivity index (χ1n) is 9.81. The van der Waals surface area contributed by atoms with Gasteiger partial charge in [-0.15, -0.1) is 0 Å². The van der Waals surface area contributed by atoms with Crippen molar-refractivity contribution in [3.8, 4) is 0 Å². The van der Waals surface area contributed by atoms with Crippen LogP contribution < -0.4 is 10.2 Å². The van der Waals surface area contributed by atoms with E-state index in [-0.39, 0.29) is 23.2 Å². The second-order valence-corrected chi connectivity index (χ2v) is 8.49. The second kappa shape index (κ2) is 8.97. The molecule has 3 atom stereocenters. The van der Waals surface area contributed by atoms with Crippen molar-refractivity contribution in [2.45, 2.75) is 25.4 Å². The van der Waals surface area contributed by atoms with Gasteiger partial charge in [-0.3, -0.25) is 4.90 Å². The van der Waals surface area contributed by atoms with Crippen molar-refractivity contribution in [2.24, 2.45) is 0 Å². The molecule has 1 aliphatic heterocycles. The van der Waals surface area contributed by atoms with Crippen molar-refractivity contribution < 1.29 is 24.1 Å². The average molecular weight is 451 g/mol. The van der Waals surface area contributed by atoms with Gasteiger partial charge >= 0.3 is 0 Å². The molecule has 0 saturated carbocycles. The van der Waals surface area contributed by atoms with Gasteiger partial charge in [-0.05, 0) is 25.1 Å². The minimum Gasteiger partial charge on any atom is -0.393 e. The van der Waals surface area contributed by atoms with E-state index in [1.807, 2.05) is 11.8 Å². The number of fused-ring (bicyclic) bond motifs is 1. The largest absolute Gasteiger partial charge is 0.393 e. The van der Waals surface area contributed by atoms with Crippen molar-refractivity contribution in [3.63, 3.8) is 0 Å². The second-order valence-electron chi connectivity index (χ2n) is 7.45. The quantitative estimate of drug-likeness (QED) is 0.421. The monoisotopic (exact) mass is 451 g/mol. The Labute approximate surface area is 181 Å². The molecule has 3 aromatic rings.